The molecular formula is C22H27N3O2S. The number of amides is 2. The number of hydrogen-bond donors (Lipinski definition) is 1. The minimum absolute atomic E-state index is 0.101. The second-order valence-corrected chi connectivity index (χ2v) is 8.00. The summed E-state index contributed by atoms with van der Waals surface area (Å²) in [6.45, 7) is 2.23. The molecule has 2 aromatic rings. The summed E-state index contributed by atoms with van der Waals surface area (Å²) in [5, 5.41) is 5.37. The van der Waals surface area contributed by atoms with Gasteiger partial charge in [0.2, 0.25) is 11.8 Å². The van der Waals surface area contributed by atoms with Crippen molar-refractivity contribution in [3.05, 3.63) is 47.5 Å². The van der Waals surface area contributed by atoms with Crippen molar-refractivity contribution in [2.45, 2.75) is 45.4 Å². The molecule has 148 valence electrons. The normalized spacial score (nSPS) is 14.5. The molecule has 0 unspecified atom stereocenters. The maximum Gasteiger partial charge on any atom is 0.244 e. The van der Waals surface area contributed by atoms with Gasteiger partial charge in [-0.2, -0.15) is 0 Å². The van der Waals surface area contributed by atoms with E-state index in [-0.39, 0.29) is 11.8 Å². The molecule has 1 N–H and O–H groups in total. The molecule has 5 nitrogen and oxygen atoms in total. The van der Waals surface area contributed by atoms with Crippen LogP contribution >= 0.6 is 11.3 Å². The molecule has 0 saturated heterocycles. The Morgan fingerprint density at radius 2 is 2.00 bits per heavy atom. The minimum atomic E-state index is -0.104. The fourth-order valence-corrected chi connectivity index (χ4v) is 4.44. The van der Waals surface area contributed by atoms with Crippen LogP contribution in [0, 0.1) is 5.92 Å². The first-order chi connectivity index (χ1) is 13.6. The zero-order valence-electron chi connectivity index (χ0n) is 16.3. The largest absolute Gasteiger partial charge is 0.353 e. The Bertz CT molecular complexity index is 810. The number of rotatable bonds is 8. The fraction of sp³-hybridized carbons (Fsp3) is 0.409. The second kappa shape index (κ2) is 10.2. The average Bonchev–Trinajstić information content (AvgIpc) is 3.37. The van der Waals surface area contributed by atoms with Crippen LogP contribution in [0.15, 0.2) is 41.8 Å². The highest BCUT2D eigenvalue weighted by molar-refractivity contribution is 7.14. The number of anilines is 2. The van der Waals surface area contributed by atoms with E-state index in [4.69, 9.17) is 0 Å². The van der Waals surface area contributed by atoms with E-state index in [2.05, 4.69) is 10.3 Å². The highest BCUT2D eigenvalue weighted by Crippen LogP contribution is 2.29. The summed E-state index contributed by atoms with van der Waals surface area (Å²) in [5.74, 6) is 0.651. The molecule has 0 aliphatic heterocycles. The zero-order chi connectivity index (χ0) is 19.8. The SMILES string of the molecule is CC(=O)N(c1ccccc1)c1nc(/C=C/C(=O)NCCCC2CCCC2)cs1. The molecule has 2 amide bonds. The molecule has 1 aliphatic rings. The first-order valence-corrected chi connectivity index (χ1v) is 10.8. The number of carbonyl (C=O) groups is 2. The third kappa shape index (κ3) is 5.76. The number of nitrogens with one attached hydrogen (secondary N) is 1. The number of benzene rings is 1. The Morgan fingerprint density at radius 1 is 1.25 bits per heavy atom. The Morgan fingerprint density at radius 3 is 2.71 bits per heavy atom. The number of aromatic nitrogens is 1. The Labute approximate surface area is 170 Å². The van der Waals surface area contributed by atoms with Gasteiger partial charge in [0.15, 0.2) is 5.13 Å². The molecule has 28 heavy (non-hydrogen) atoms. The lowest BCUT2D eigenvalue weighted by Crippen LogP contribution is -2.22. The molecule has 1 heterocycles. The van der Waals surface area contributed by atoms with Gasteiger partial charge in [0.25, 0.3) is 0 Å². The molecule has 1 saturated carbocycles. The van der Waals surface area contributed by atoms with Crippen LogP contribution < -0.4 is 10.2 Å². The second-order valence-electron chi connectivity index (χ2n) is 7.16. The smallest absolute Gasteiger partial charge is 0.244 e. The summed E-state index contributed by atoms with van der Waals surface area (Å²) >= 11 is 1.38. The molecule has 6 heteroatoms. The first-order valence-electron chi connectivity index (χ1n) is 9.90. The van der Waals surface area contributed by atoms with E-state index < -0.39 is 0 Å². The third-order valence-corrected chi connectivity index (χ3v) is 5.84. The predicted molar refractivity (Wildman–Crippen MR) is 115 cm³/mol. The minimum Gasteiger partial charge on any atom is -0.353 e. The van der Waals surface area contributed by atoms with Crippen LogP contribution in [-0.4, -0.2) is 23.3 Å². The van der Waals surface area contributed by atoms with E-state index in [0.717, 1.165) is 18.0 Å². The van der Waals surface area contributed by atoms with Gasteiger partial charge in [0, 0.05) is 24.9 Å². The lowest BCUT2D eigenvalue weighted by atomic mass is 10.0. The Hall–Kier alpha value is -2.47. The van der Waals surface area contributed by atoms with E-state index in [1.807, 2.05) is 35.7 Å². The van der Waals surface area contributed by atoms with Crippen molar-refractivity contribution >= 4 is 40.0 Å². The molecule has 1 aromatic carbocycles. The van der Waals surface area contributed by atoms with Gasteiger partial charge in [-0.15, -0.1) is 11.3 Å². The van der Waals surface area contributed by atoms with Gasteiger partial charge in [-0.25, -0.2) is 4.98 Å². The summed E-state index contributed by atoms with van der Waals surface area (Å²) in [4.78, 5) is 30.1. The van der Waals surface area contributed by atoms with Crippen molar-refractivity contribution in [3.63, 3.8) is 0 Å². The molecule has 0 radical (unpaired) electrons. The van der Waals surface area contributed by atoms with Crippen LogP contribution in [0.2, 0.25) is 0 Å². The van der Waals surface area contributed by atoms with Crippen LogP contribution in [0.3, 0.4) is 0 Å². The summed E-state index contributed by atoms with van der Waals surface area (Å²) in [5.41, 5.74) is 1.45. The number of thiazole rings is 1. The van der Waals surface area contributed by atoms with Crippen molar-refractivity contribution in [2.75, 3.05) is 11.4 Å². The summed E-state index contributed by atoms with van der Waals surface area (Å²) < 4.78 is 0. The quantitative estimate of drug-likeness (QED) is 0.508. The van der Waals surface area contributed by atoms with Crippen molar-refractivity contribution < 1.29 is 9.59 Å². The lowest BCUT2D eigenvalue weighted by Gasteiger charge is -2.17. The van der Waals surface area contributed by atoms with E-state index in [9.17, 15) is 9.59 Å². The molecule has 1 aliphatic carbocycles. The molecule has 0 atom stereocenters. The van der Waals surface area contributed by atoms with E-state index in [0.29, 0.717) is 17.4 Å². The Balaban J connectivity index is 1.51. The lowest BCUT2D eigenvalue weighted by molar-refractivity contribution is -0.117. The van der Waals surface area contributed by atoms with Gasteiger partial charge in [-0.3, -0.25) is 14.5 Å². The molecular weight excluding hydrogens is 370 g/mol. The van der Waals surface area contributed by atoms with Crippen molar-refractivity contribution in [3.8, 4) is 0 Å². The van der Waals surface area contributed by atoms with Gasteiger partial charge in [-0.1, -0.05) is 43.9 Å². The first kappa shape index (κ1) is 20.3. The average molecular weight is 398 g/mol. The maximum absolute atomic E-state index is 12.1. The van der Waals surface area contributed by atoms with E-state index in [1.54, 1.807) is 11.0 Å². The van der Waals surface area contributed by atoms with E-state index >= 15 is 0 Å². The number of carbonyl (C=O) groups excluding carboxylic acids is 2. The highest BCUT2D eigenvalue weighted by Gasteiger charge is 2.17. The van der Waals surface area contributed by atoms with Crippen molar-refractivity contribution in [1.29, 1.82) is 0 Å². The van der Waals surface area contributed by atoms with E-state index in [1.165, 1.54) is 56.4 Å². The van der Waals surface area contributed by atoms with Crippen LogP contribution in [0.25, 0.3) is 6.08 Å². The number of nitrogens with zero attached hydrogens (tertiary/aromatic N) is 2. The molecule has 1 aromatic heterocycles. The molecule has 1 fully saturated rings. The van der Waals surface area contributed by atoms with Crippen LogP contribution in [0.1, 0.15) is 51.1 Å². The van der Waals surface area contributed by atoms with Gasteiger partial charge < -0.3 is 5.32 Å². The standard InChI is InChI=1S/C22H27N3O2S/c1-17(26)25(20-11-3-2-4-12-20)22-24-19(16-28-22)13-14-21(27)23-15-7-10-18-8-5-6-9-18/h2-4,11-14,16,18H,5-10,15H2,1H3,(H,23,27)/b14-13+. The summed E-state index contributed by atoms with van der Waals surface area (Å²) in [7, 11) is 0. The highest BCUT2D eigenvalue weighted by atomic mass is 32.1. The maximum atomic E-state index is 12.1. The van der Waals surface area contributed by atoms with Gasteiger partial charge in [0.05, 0.1) is 11.4 Å². The van der Waals surface area contributed by atoms with Crippen LogP contribution in [-0.2, 0) is 9.59 Å². The van der Waals surface area contributed by atoms with Crippen molar-refractivity contribution in [1.82, 2.24) is 10.3 Å². The van der Waals surface area contributed by atoms with Crippen LogP contribution in [0.5, 0.6) is 0 Å². The van der Waals surface area contributed by atoms with Gasteiger partial charge >= 0.3 is 0 Å². The van der Waals surface area contributed by atoms with Crippen molar-refractivity contribution in [2.24, 2.45) is 5.92 Å². The molecule has 0 bridgehead atoms. The monoisotopic (exact) mass is 397 g/mol. The number of hydrogen-bond acceptors (Lipinski definition) is 4. The molecule has 0 spiro atoms. The topological polar surface area (TPSA) is 62.3 Å². The van der Waals surface area contributed by atoms with Gasteiger partial charge in [-0.05, 0) is 37.0 Å². The third-order valence-electron chi connectivity index (χ3n) is 5.00. The number of para-hydroxylation sites is 1. The summed E-state index contributed by atoms with van der Waals surface area (Å²) in [6, 6.07) is 9.42. The zero-order valence-corrected chi connectivity index (χ0v) is 17.1. The van der Waals surface area contributed by atoms with Gasteiger partial charge in [0.1, 0.15) is 0 Å². The summed E-state index contributed by atoms with van der Waals surface area (Å²) in [6.07, 6.45) is 10.9. The predicted octanol–water partition coefficient (Wildman–Crippen LogP) is 4.93. The molecule has 3 rings (SSSR count). The van der Waals surface area contributed by atoms with Crippen LogP contribution in [0.4, 0.5) is 10.8 Å². The Kier molecular flexibility index (Phi) is 7.37. The fourth-order valence-electron chi connectivity index (χ4n) is 3.58.